The number of anilines is 1. The molecule has 0 spiro atoms. The topological polar surface area (TPSA) is 45.2 Å². The molecule has 0 radical (unpaired) electrons. The van der Waals surface area contributed by atoms with Crippen molar-refractivity contribution >= 4 is 28.6 Å². The second-order valence-corrected chi connectivity index (χ2v) is 8.15. The van der Waals surface area contributed by atoms with Crippen LogP contribution in [0.4, 0.5) is 5.69 Å². The van der Waals surface area contributed by atoms with E-state index in [1.807, 2.05) is 18.3 Å². The maximum Gasteiger partial charge on any atom is 0.223 e. The predicted octanol–water partition coefficient (Wildman–Crippen LogP) is 4.26. The molecular weight excluding hydrogens is 346 g/mol. The summed E-state index contributed by atoms with van der Waals surface area (Å²) in [7, 11) is 0. The Labute approximate surface area is 164 Å². The summed E-state index contributed by atoms with van der Waals surface area (Å²) in [5, 5.41) is 4.44. The molecule has 2 aliphatic rings. The van der Waals surface area contributed by atoms with E-state index in [0.29, 0.717) is 6.42 Å². The fourth-order valence-corrected chi connectivity index (χ4v) is 4.73. The lowest BCUT2D eigenvalue weighted by atomic mass is 9.74. The third-order valence-electron chi connectivity index (χ3n) is 6.28. The van der Waals surface area contributed by atoms with Crippen molar-refractivity contribution in [2.24, 2.45) is 0 Å². The van der Waals surface area contributed by atoms with E-state index in [4.69, 9.17) is 0 Å². The Bertz CT molecular complexity index is 1120. The van der Waals surface area contributed by atoms with Crippen molar-refractivity contribution in [3.8, 4) is 0 Å². The van der Waals surface area contributed by atoms with Gasteiger partial charge in [-0.15, -0.1) is 0 Å². The average molecular weight is 369 g/mol. The summed E-state index contributed by atoms with van der Waals surface area (Å²) in [5.41, 5.74) is 3.73. The lowest BCUT2D eigenvalue weighted by molar-refractivity contribution is -0.124. The van der Waals surface area contributed by atoms with E-state index in [1.165, 1.54) is 11.3 Å². The first-order valence-corrected chi connectivity index (χ1v) is 9.73. The minimum atomic E-state index is -0.573. The monoisotopic (exact) mass is 369 g/mol. The number of carbonyl (C=O) groups excluding carboxylic acids is 1. The Hall–Kier alpha value is -3.14. The number of hydrogen-bond acceptors (Lipinski definition) is 3. The van der Waals surface area contributed by atoms with Gasteiger partial charge in [0.1, 0.15) is 5.66 Å². The van der Waals surface area contributed by atoms with Gasteiger partial charge >= 0.3 is 0 Å². The Morgan fingerprint density at radius 1 is 1.11 bits per heavy atom. The molecule has 4 heteroatoms. The van der Waals surface area contributed by atoms with E-state index < -0.39 is 5.66 Å². The SMILES string of the molecule is CC1(C)c2ccccc2N2CCC(=O)NC21C=Cc1ccc2ncccc2c1. The van der Waals surface area contributed by atoms with E-state index in [9.17, 15) is 4.79 Å². The molecule has 1 aromatic heterocycles. The van der Waals surface area contributed by atoms with Crippen molar-refractivity contribution in [2.45, 2.75) is 31.3 Å². The van der Waals surface area contributed by atoms with Gasteiger partial charge in [0, 0.05) is 35.7 Å². The summed E-state index contributed by atoms with van der Waals surface area (Å²) in [6, 6.07) is 18.8. The lowest BCUT2D eigenvalue weighted by Gasteiger charge is -2.49. The van der Waals surface area contributed by atoms with Gasteiger partial charge < -0.3 is 10.2 Å². The zero-order valence-electron chi connectivity index (χ0n) is 16.1. The number of carbonyl (C=O) groups is 1. The first-order valence-electron chi connectivity index (χ1n) is 9.73. The molecule has 2 aliphatic heterocycles. The maximum atomic E-state index is 12.5. The number of nitrogens with zero attached hydrogens (tertiary/aromatic N) is 2. The molecule has 0 aliphatic carbocycles. The first-order chi connectivity index (χ1) is 13.5. The highest BCUT2D eigenvalue weighted by Gasteiger charge is 2.57. The summed E-state index contributed by atoms with van der Waals surface area (Å²) < 4.78 is 0. The Balaban J connectivity index is 1.62. The Kier molecular flexibility index (Phi) is 3.60. The molecule has 0 bridgehead atoms. The van der Waals surface area contributed by atoms with E-state index in [2.05, 4.69) is 83.7 Å². The number of aromatic nitrogens is 1. The maximum absolute atomic E-state index is 12.5. The number of rotatable bonds is 2. The van der Waals surface area contributed by atoms with Gasteiger partial charge in [-0.1, -0.05) is 50.3 Å². The molecule has 3 aromatic rings. The van der Waals surface area contributed by atoms with Crippen molar-refractivity contribution in [1.29, 1.82) is 0 Å². The van der Waals surface area contributed by atoms with Gasteiger partial charge in [-0.05, 0) is 41.5 Å². The van der Waals surface area contributed by atoms with Gasteiger partial charge in [0.05, 0.1) is 5.52 Å². The number of pyridine rings is 1. The summed E-state index contributed by atoms with van der Waals surface area (Å²) in [5.74, 6) is 0.101. The molecule has 28 heavy (non-hydrogen) atoms. The van der Waals surface area contributed by atoms with Gasteiger partial charge in [0.25, 0.3) is 0 Å². The first kappa shape index (κ1) is 17.0. The number of nitrogens with one attached hydrogen (secondary N) is 1. The normalized spacial score (nSPS) is 22.9. The zero-order chi connectivity index (χ0) is 19.4. The van der Waals surface area contributed by atoms with Gasteiger partial charge in [-0.25, -0.2) is 0 Å². The van der Waals surface area contributed by atoms with Gasteiger partial charge in [-0.3, -0.25) is 9.78 Å². The lowest BCUT2D eigenvalue weighted by Crippen LogP contribution is -2.68. The second-order valence-electron chi connectivity index (χ2n) is 8.15. The fourth-order valence-electron chi connectivity index (χ4n) is 4.73. The number of hydrogen-bond donors (Lipinski definition) is 1. The van der Waals surface area contributed by atoms with Crippen molar-refractivity contribution in [3.05, 3.63) is 78.0 Å². The molecule has 1 atom stereocenters. The van der Waals surface area contributed by atoms with Crippen LogP contribution >= 0.6 is 0 Å². The van der Waals surface area contributed by atoms with Crippen molar-refractivity contribution in [3.63, 3.8) is 0 Å². The summed E-state index contributed by atoms with van der Waals surface area (Å²) >= 11 is 0. The molecule has 4 nitrogen and oxygen atoms in total. The van der Waals surface area contributed by atoms with Crippen LogP contribution in [0.2, 0.25) is 0 Å². The van der Waals surface area contributed by atoms with E-state index in [-0.39, 0.29) is 11.3 Å². The fraction of sp³-hybridized carbons (Fsp3) is 0.250. The van der Waals surface area contributed by atoms with Crippen LogP contribution in [-0.2, 0) is 10.2 Å². The average Bonchev–Trinajstić information content (AvgIpc) is 2.90. The molecule has 1 saturated heterocycles. The predicted molar refractivity (Wildman–Crippen MR) is 113 cm³/mol. The summed E-state index contributed by atoms with van der Waals surface area (Å²) in [6.45, 7) is 5.15. The third kappa shape index (κ3) is 2.30. The van der Waals surface area contributed by atoms with Crippen LogP contribution in [0.1, 0.15) is 31.4 Å². The smallest absolute Gasteiger partial charge is 0.223 e. The standard InChI is InChI=1S/C24H23N3O/c1-23(2)19-7-3-4-8-21(19)27-15-12-22(28)26-24(23,27)13-11-17-9-10-20-18(16-17)6-5-14-25-20/h3-11,13-14,16H,12,15H2,1-2H3,(H,26,28). The highest BCUT2D eigenvalue weighted by Crippen LogP contribution is 2.52. The van der Waals surface area contributed by atoms with E-state index in [1.54, 1.807) is 0 Å². The molecule has 1 unspecified atom stereocenters. The Morgan fingerprint density at radius 3 is 2.86 bits per heavy atom. The van der Waals surface area contributed by atoms with Crippen LogP contribution in [0.25, 0.3) is 17.0 Å². The quantitative estimate of drug-likeness (QED) is 0.734. The molecule has 1 N–H and O–H groups in total. The number of benzene rings is 2. The van der Waals surface area contributed by atoms with Crippen LogP contribution in [-0.4, -0.2) is 23.1 Å². The molecule has 140 valence electrons. The Morgan fingerprint density at radius 2 is 1.96 bits per heavy atom. The minimum absolute atomic E-state index is 0.101. The van der Waals surface area contributed by atoms with Crippen molar-refractivity contribution in [1.82, 2.24) is 10.3 Å². The summed E-state index contributed by atoms with van der Waals surface area (Å²) in [4.78, 5) is 19.2. The van der Waals surface area contributed by atoms with Crippen LogP contribution in [0, 0.1) is 0 Å². The second kappa shape index (κ2) is 5.93. The number of amides is 1. The molecular formula is C24H23N3O. The highest BCUT2D eigenvalue weighted by atomic mass is 16.2. The number of para-hydroxylation sites is 1. The minimum Gasteiger partial charge on any atom is -0.344 e. The molecule has 1 fully saturated rings. The van der Waals surface area contributed by atoms with Crippen LogP contribution in [0.15, 0.2) is 66.9 Å². The van der Waals surface area contributed by atoms with Crippen LogP contribution < -0.4 is 10.2 Å². The highest BCUT2D eigenvalue weighted by molar-refractivity contribution is 5.85. The largest absolute Gasteiger partial charge is 0.344 e. The third-order valence-corrected chi connectivity index (χ3v) is 6.28. The van der Waals surface area contributed by atoms with E-state index >= 15 is 0 Å². The van der Waals surface area contributed by atoms with Gasteiger partial charge in [0.2, 0.25) is 5.91 Å². The number of fused-ring (bicyclic) bond motifs is 4. The molecule has 0 saturated carbocycles. The molecule has 2 aromatic carbocycles. The van der Waals surface area contributed by atoms with Gasteiger partial charge in [-0.2, -0.15) is 0 Å². The van der Waals surface area contributed by atoms with Crippen LogP contribution in [0.5, 0.6) is 0 Å². The van der Waals surface area contributed by atoms with Crippen molar-refractivity contribution < 1.29 is 4.79 Å². The molecule has 3 heterocycles. The zero-order valence-corrected chi connectivity index (χ0v) is 16.1. The molecule has 1 amide bonds. The van der Waals surface area contributed by atoms with Crippen LogP contribution in [0.3, 0.4) is 0 Å². The van der Waals surface area contributed by atoms with Gasteiger partial charge in [0.15, 0.2) is 0 Å². The van der Waals surface area contributed by atoms with E-state index in [0.717, 1.165) is 23.0 Å². The van der Waals surface area contributed by atoms with Crippen molar-refractivity contribution in [2.75, 3.05) is 11.4 Å². The molecule has 5 rings (SSSR count). The summed E-state index contributed by atoms with van der Waals surface area (Å²) in [6.07, 6.45) is 6.62.